The van der Waals surface area contributed by atoms with E-state index in [1.807, 2.05) is 36.1 Å². The highest BCUT2D eigenvalue weighted by atomic mass is 16.2. The molecule has 1 aliphatic heterocycles. The Morgan fingerprint density at radius 3 is 2.20 bits per heavy atom. The lowest BCUT2D eigenvalue weighted by atomic mass is 9.86. The van der Waals surface area contributed by atoms with Gasteiger partial charge in [-0.2, -0.15) is 0 Å². The fourth-order valence-corrected chi connectivity index (χ4v) is 3.10. The number of hydrogen-bond donors (Lipinski definition) is 1. The van der Waals surface area contributed by atoms with Gasteiger partial charge in [0.15, 0.2) is 0 Å². The van der Waals surface area contributed by atoms with Crippen molar-refractivity contribution in [1.29, 1.82) is 0 Å². The molecule has 1 fully saturated rings. The Bertz CT molecular complexity index is 593. The Balaban J connectivity index is 1.92. The highest BCUT2D eigenvalue weighted by Gasteiger charge is 2.28. The fourth-order valence-electron chi connectivity index (χ4n) is 3.10. The van der Waals surface area contributed by atoms with Gasteiger partial charge in [-0.1, -0.05) is 39.8 Å². The van der Waals surface area contributed by atoms with Gasteiger partial charge in [0.2, 0.25) is 5.91 Å². The summed E-state index contributed by atoms with van der Waals surface area (Å²) in [7, 11) is 0. The zero-order chi connectivity index (χ0) is 18.6. The molecule has 1 saturated heterocycles. The first-order chi connectivity index (χ1) is 11.7. The zero-order valence-corrected chi connectivity index (χ0v) is 16.3. The standard InChI is InChI=1S/C21H32N2O2/c1-6-15(2)22-19(24)16-11-13-23(14-12-16)20(25)17-7-9-18(10-8-17)21(3,4)5/h7-10,15-16H,6,11-14H2,1-5H3,(H,22,24)/t15-/m1/s1. The van der Waals surface area contributed by atoms with Crippen molar-refractivity contribution in [3.63, 3.8) is 0 Å². The summed E-state index contributed by atoms with van der Waals surface area (Å²) in [5.74, 6) is 0.235. The second-order valence-electron chi connectivity index (χ2n) is 8.21. The summed E-state index contributed by atoms with van der Waals surface area (Å²) in [6.07, 6.45) is 2.43. The molecule has 4 nitrogen and oxygen atoms in total. The van der Waals surface area contributed by atoms with Crippen molar-refractivity contribution in [3.8, 4) is 0 Å². The molecular formula is C21H32N2O2. The van der Waals surface area contributed by atoms with Crippen LogP contribution in [-0.2, 0) is 10.2 Å². The quantitative estimate of drug-likeness (QED) is 0.904. The minimum atomic E-state index is 0.0290. The first-order valence-corrected chi connectivity index (χ1v) is 9.42. The summed E-state index contributed by atoms with van der Waals surface area (Å²) in [6.45, 7) is 11.9. The number of rotatable bonds is 4. The largest absolute Gasteiger partial charge is 0.353 e. The van der Waals surface area contributed by atoms with E-state index in [1.165, 1.54) is 5.56 Å². The molecule has 0 saturated carbocycles. The van der Waals surface area contributed by atoms with Crippen LogP contribution in [0.25, 0.3) is 0 Å². The van der Waals surface area contributed by atoms with Crippen LogP contribution in [0.5, 0.6) is 0 Å². The molecule has 0 radical (unpaired) electrons. The topological polar surface area (TPSA) is 49.4 Å². The molecule has 0 aromatic heterocycles. The lowest BCUT2D eigenvalue weighted by molar-refractivity contribution is -0.126. The molecule has 0 unspecified atom stereocenters. The monoisotopic (exact) mass is 344 g/mol. The SMILES string of the molecule is CC[C@@H](C)NC(=O)C1CCN(C(=O)c2ccc(C(C)(C)C)cc2)CC1. The van der Waals surface area contributed by atoms with Gasteiger partial charge in [-0.05, 0) is 49.3 Å². The van der Waals surface area contributed by atoms with E-state index in [9.17, 15) is 9.59 Å². The van der Waals surface area contributed by atoms with E-state index in [4.69, 9.17) is 0 Å². The van der Waals surface area contributed by atoms with Gasteiger partial charge < -0.3 is 10.2 Å². The van der Waals surface area contributed by atoms with E-state index in [0.717, 1.165) is 24.8 Å². The number of likely N-dealkylation sites (tertiary alicyclic amines) is 1. The van der Waals surface area contributed by atoms with Crippen molar-refractivity contribution < 1.29 is 9.59 Å². The molecular weight excluding hydrogens is 312 g/mol. The second-order valence-corrected chi connectivity index (χ2v) is 8.21. The molecule has 1 aliphatic rings. The Kier molecular flexibility index (Phi) is 6.26. The number of piperidine rings is 1. The number of benzene rings is 1. The lowest BCUT2D eigenvalue weighted by Crippen LogP contribution is -2.44. The molecule has 2 rings (SSSR count). The van der Waals surface area contributed by atoms with E-state index < -0.39 is 0 Å². The molecule has 25 heavy (non-hydrogen) atoms. The van der Waals surface area contributed by atoms with E-state index in [1.54, 1.807) is 0 Å². The third-order valence-corrected chi connectivity index (χ3v) is 5.15. The molecule has 0 aliphatic carbocycles. The molecule has 2 amide bonds. The van der Waals surface area contributed by atoms with Crippen molar-refractivity contribution in [2.75, 3.05) is 13.1 Å². The van der Waals surface area contributed by atoms with E-state index in [0.29, 0.717) is 13.1 Å². The maximum absolute atomic E-state index is 12.7. The average molecular weight is 344 g/mol. The maximum atomic E-state index is 12.7. The van der Waals surface area contributed by atoms with Gasteiger partial charge >= 0.3 is 0 Å². The van der Waals surface area contributed by atoms with Gasteiger partial charge in [-0.3, -0.25) is 9.59 Å². The number of amides is 2. The van der Waals surface area contributed by atoms with Crippen molar-refractivity contribution in [2.45, 2.75) is 65.3 Å². The van der Waals surface area contributed by atoms with Crippen molar-refractivity contribution in [1.82, 2.24) is 10.2 Å². The number of carbonyl (C=O) groups is 2. The van der Waals surface area contributed by atoms with Gasteiger partial charge in [0.05, 0.1) is 0 Å². The van der Waals surface area contributed by atoms with Crippen molar-refractivity contribution in [3.05, 3.63) is 35.4 Å². The van der Waals surface area contributed by atoms with Crippen LogP contribution >= 0.6 is 0 Å². The molecule has 138 valence electrons. The summed E-state index contributed by atoms with van der Waals surface area (Å²) < 4.78 is 0. The van der Waals surface area contributed by atoms with Crippen LogP contribution in [0, 0.1) is 5.92 Å². The van der Waals surface area contributed by atoms with Crippen LogP contribution in [0.2, 0.25) is 0 Å². The number of carbonyl (C=O) groups excluding carboxylic acids is 2. The molecule has 0 bridgehead atoms. The van der Waals surface area contributed by atoms with Gasteiger partial charge in [-0.25, -0.2) is 0 Å². The zero-order valence-electron chi connectivity index (χ0n) is 16.3. The van der Waals surface area contributed by atoms with E-state index in [2.05, 4.69) is 33.0 Å². The van der Waals surface area contributed by atoms with Gasteiger partial charge in [0.1, 0.15) is 0 Å². The Morgan fingerprint density at radius 2 is 1.72 bits per heavy atom. The highest BCUT2D eigenvalue weighted by molar-refractivity contribution is 5.94. The number of nitrogens with zero attached hydrogens (tertiary/aromatic N) is 1. The van der Waals surface area contributed by atoms with Crippen LogP contribution in [0.1, 0.15) is 69.8 Å². The maximum Gasteiger partial charge on any atom is 0.253 e. The molecule has 1 aromatic rings. The third-order valence-electron chi connectivity index (χ3n) is 5.15. The fraction of sp³-hybridized carbons (Fsp3) is 0.619. The number of nitrogens with one attached hydrogen (secondary N) is 1. The average Bonchev–Trinajstić information content (AvgIpc) is 2.60. The van der Waals surface area contributed by atoms with Gasteiger partial charge in [0, 0.05) is 30.6 Å². The van der Waals surface area contributed by atoms with Gasteiger partial charge in [0.25, 0.3) is 5.91 Å². The third kappa shape index (κ3) is 5.07. The van der Waals surface area contributed by atoms with Gasteiger partial charge in [-0.15, -0.1) is 0 Å². The van der Waals surface area contributed by atoms with Crippen molar-refractivity contribution >= 4 is 11.8 Å². The number of hydrogen-bond acceptors (Lipinski definition) is 2. The summed E-state index contributed by atoms with van der Waals surface area (Å²) in [6, 6.07) is 8.14. The molecule has 0 spiro atoms. The minimum Gasteiger partial charge on any atom is -0.353 e. The second kappa shape index (κ2) is 8.03. The summed E-state index contributed by atoms with van der Waals surface area (Å²) >= 11 is 0. The van der Waals surface area contributed by atoms with Crippen LogP contribution < -0.4 is 5.32 Å². The van der Waals surface area contributed by atoms with Crippen LogP contribution in [0.4, 0.5) is 0 Å². The Labute approximate surface area is 152 Å². The van der Waals surface area contributed by atoms with E-state index >= 15 is 0 Å². The van der Waals surface area contributed by atoms with Crippen LogP contribution in [0.15, 0.2) is 24.3 Å². The normalized spacial score (nSPS) is 17.2. The summed E-state index contributed by atoms with van der Waals surface area (Å²) in [5, 5.41) is 3.05. The molecule has 1 atom stereocenters. The molecule has 1 aromatic carbocycles. The lowest BCUT2D eigenvalue weighted by Gasteiger charge is -2.32. The highest BCUT2D eigenvalue weighted by Crippen LogP contribution is 2.24. The minimum absolute atomic E-state index is 0.0290. The molecule has 1 heterocycles. The Morgan fingerprint density at radius 1 is 1.16 bits per heavy atom. The molecule has 1 N–H and O–H groups in total. The molecule has 4 heteroatoms. The van der Waals surface area contributed by atoms with E-state index in [-0.39, 0.29) is 29.2 Å². The summed E-state index contributed by atoms with van der Waals surface area (Å²) in [4.78, 5) is 26.8. The predicted octanol–water partition coefficient (Wildman–Crippen LogP) is 3.75. The smallest absolute Gasteiger partial charge is 0.253 e. The first-order valence-electron chi connectivity index (χ1n) is 9.42. The van der Waals surface area contributed by atoms with Crippen LogP contribution in [0.3, 0.4) is 0 Å². The van der Waals surface area contributed by atoms with Crippen LogP contribution in [-0.4, -0.2) is 35.8 Å². The summed E-state index contributed by atoms with van der Waals surface area (Å²) in [5.41, 5.74) is 2.04. The predicted molar refractivity (Wildman–Crippen MR) is 102 cm³/mol. The Hall–Kier alpha value is -1.84. The first kappa shape index (κ1) is 19.5. The van der Waals surface area contributed by atoms with Crippen molar-refractivity contribution in [2.24, 2.45) is 5.92 Å².